The summed E-state index contributed by atoms with van der Waals surface area (Å²) in [7, 11) is -3.74. The third kappa shape index (κ3) is 3.85. The maximum absolute atomic E-state index is 12.3. The van der Waals surface area contributed by atoms with E-state index in [1.807, 2.05) is 6.92 Å². The molecular formula is C14H14BrClN2O3S. The van der Waals surface area contributed by atoms with Gasteiger partial charge in [0.15, 0.2) is 0 Å². The summed E-state index contributed by atoms with van der Waals surface area (Å²) in [6.07, 6.45) is 0. The molecule has 0 amide bonds. The molecule has 2 aromatic carbocycles. The van der Waals surface area contributed by atoms with Gasteiger partial charge in [0.25, 0.3) is 10.0 Å². The van der Waals surface area contributed by atoms with Crippen LogP contribution >= 0.6 is 27.5 Å². The zero-order valence-electron chi connectivity index (χ0n) is 11.6. The van der Waals surface area contributed by atoms with Crippen molar-refractivity contribution < 1.29 is 13.2 Å². The van der Waals surface area contributed by atoms with Gasteiger partial charge in [-0.25, -0.2) is 8.42 Å². The molecule has 22 heavy (non-hydrogen) atoms. The van der Waals surface area contributed by atoms with Gasteiger partial charge in [0.05, 0.1) is 32.4 Å². The van der Waals surface area contributed by atoms with Crippen molar-refractivity contribution >= 4 is 48.9 Å². The number of rotatable bonds is 5. The lowest BCUT2D eigenvalue weighted by molar-refractivity contribution is 0.338. The number of hydrogen-bond acceptors (Lipinski definition) is 4. The quantitative estimate of drug-likeness (QED) is 0.740. The number of sulfonamides is 1. The fraction of sp³-hybridized carbons (Fsp3) is 0.143. The first-order chi connectivity index (χ1) is 10.3. The Balaban J connectivity index is 2.28. The molecule has 0 aliphatic rings. The minimum atomic E-state index is -3.74. The van der Waals surface area contributed by atoms with Gasteiger partial charge in [0.2, 0.25) is 0 Å². The van der Waals surface area contributed by atoms with Crippen LogP contribution in [0.2, 0.25) is 5.02 Å². The molecule has 5 nitrogen and oxygen atoms in total. The number of nitrogens with one attached hydrogen (secondary N) is 1. The van der Waals surface area contributed by atoms with E-state index in [1.165, 1.54) is 18.2 Å². The van der Waals surface area contributed by atoms with Gasteiger partial charge in [0, 0.05) is 0 Å². The predicted molar refractivity (Wildman–Crippen MR) is 92.0 cm³/mol. The van der Waals surface area contributed by atoms with Gasteiger partial charge >= 0.3 is 0 Å². The normalized spacial score (nSPS) is 11.2. The summed E-state index contributed by atoms with van der Waals surface area (Å²) < 4.78 is 33.2. The van der Waals surface area contributed by atoms with E-state index in [1.54, 1.807) is 18.2 Å². The van der Waals surface area contributed by atoms with E-state index in [0.717, 1.165) is 0 Å². The molecule has 0 bridgehead atoms. The van der Waals surface area contributed by atoms with Gasteiger partial charge in [-0.15, -0.1) is 0 Å². The molecular weight excluding hydrogens is 392 g/mol. The molecule has 0 spiro atoms. The van der Waals surface area contributed by atoms with Crippen LogP contribution in [0.5, 0.6) is 5.75 Å². The Kier molecular flexibility index (Phi) is 5.20. The summed E-state index contributed by atoms with van der Waals surface area (Å²) >= 11 is 9.13. The highest BCUT2D eigenvalue weighted by Crippen LogP contribution is 2.30. The van der Waals surface area contributed by atoms with Gasteiger partial charge in [0.1, 0.15) is 5.75 Å². The van der Waals surface area contributed by atoms with Crippen molar-refractivity contribution in [2.75, 3.05) is 17.1 Å². The predicted octanol–water partition coefficient (Wildman–Crippen LogP) is 3.88. The van der Waals surface area contributed by atoms with E-state index in [0.29, 0.717) is 27.5 Å². The Morgan fingerprint density at radius 3 is 2.59 bits per heavy atom. The molecule has 0 unspecified atom stereocenters. The molecule has 0 aliphatic carbocycles. The second-order valence-corrected chi connectivity index (χ2v) is 7.31. The first kappa shape index (κ1) is 16.9. The smallest absolute Gasteiger partial charge is 0.261 e. The van der Waals surface area contributed by atoms with E-state index in [4.69, 9.17) is 22.1 Å². The Morgan fingerprint density at radius 2 is 2.00 bits per heavy atom. The Hall–Kier alpha value is -1.44. The van der Waals surface area contributed by atoms with Crippen LogP contribution in [0.3, 0.4) is 0 Å². The second kappa shape index (κ2) is 6.76. The standard InChI is InChI=1S/C14H14BrClN2O3S/c1-2-21-14-6-3-9(7-11(14)15)18-22(19,20)10-4-5-12(16)13(17)8-10/h3-8,18H,2,17H2,1H3. The highest BCUT2D eigenvalue weighted by molar-refractivity contribution is 9.10. The minimum absolute atomic E-state index is 0.0411. The number of halogens is 2. The largest absolute Gasteiger partial charge is 0.493 e. The van der Waals surface area contributed by atoms with E-state index < -0.39 is 10.0 Å². The van der Waals surface area contributed by atoms with Crippen molar-refractivity contribution in [3.63, 3.8) is 0 Å². The summed E-state index contributed by atoms with van der Waals surface area (Å²) in [6, 6.07) is 9.08. The third-order valence-corrected chi connectivity index (χ3v) is 5.10. The molecule has 118 valence electrons. The van der Waals surface area contributed by atoms with Gasteiger partial charge in [-0.3, -0.25) is 4.72 Å². The van der Waals surface area contributed by atoms with Crippen LogP contribution in [0.15, 0.2) is 45.8 Å². The Labute approximate surface area is 142 Å². The molecule has 2 rings (SSSR count). The van der Waals surface area contributed by atoms with Crippen LogP contribution in [0.1, 0.15) is 6.92 Å². The molecule has 0 heterocycles. The van der Waals surface area contributed by atoms with Crippen LogP contribution < -0.4 is 15.2 Å². The molecule has 0 atom stereocenters. The minimum Gasteiger partial charge on any atom is -0.493 e. The van der Waals surface area contributed by atoms with Gasteiger partial charge < -0.3 is 10.5 Å². The number of benzene rings is 2. The first-order valence-electron chi connectivity index (χ1n) is 6.33. The zero-order chi connectivity index (χ0) is 16.3. The lowest BCUT2D eigenvalue weighted by Gasteiger charge is -2.11. The van der Waals surface area contributed by atoms with Crippen molar-refractivity contribution in [3.8, 4) is 5.75 Å². The molecule has 2 aromatic rings. The Bertz CT molecular complexity index is 797. The molecule has 8 heteroatoms. The maximum atomic E-state index is 12.3. The van der Waals surface area contributed by atoms with E-state index in [-0.39, 0.29) is 10.6 Å². The molecule has 3 N–H and O–H groups in total. The van der Waals surface area contributed by atoms with Crippen LogP contribution in [-0.2, 0) is 10.0 Å². The molecule has 0 radical (unpaired) electrons. The van der Waals surface area contributed by atoms with Crippen molar-refractivity contribution in [2.45, 2.75) is 11.8 Å². The van der Waals surface area contributed by atoms with E-state index in [9.17, 15) is 8.42 Å². The first-order valence-corrected chi connectivity index (χ1v) is 8.99. The van der Waals surface area contributed by atoms with Gasteiger partial charge in [-0.05, 0) is 59.3 Å². The number of ether oxygens (including phenoxy) is 1. The zero-order valence-corrected chi connectivity index (χ0v) is 14.8. The lowest BCUT2D eigenvalue weighted by Crippen LogP contribution is -2.13. The topological polar surface area (TPSA) is 81.4 Å². The summed E-state index contributed by atoms with van der Waals surface area (Å²) in [4.78, 5) is 0.0411. The number of anilines is 2. The molecule has 0 saturated carbocycles. The average molecular weight is 406 g/mol. The van der Waals surface area contributed by atoms with Crippen LogP contribution in [-0.4, -0.2) is 15.0 Å². The molecule has 0 fully saturated rings. The number of hydrogen-bond donors (Lipinski definition) is 2. The van der Waals surface area contributed by atoms with E-state index >= 15 is 0 Å². The lowest BCUT2D eigenvalue weighted by atomic mass is 10.3. The Morgan fingerprint density at radius 1 is 1.27 bits per heavy atom. The van der Waals surface area contributed by atoms with Gasteiger partial charge in [-0.1, -0.05) is 11.6 Å². The van der Waals surface area contributed by atoms with E-state index in [2.05, 4.69) is 20.7 Å². The van der Waals surface area contributed by atoms with Crippen molar-refractivity contribution in [2.24, 2.45) is 0 Å². The number of nitrogen functional groups attached to an aromatic ring is 1. The van der Waals surface area contributed by atoms with Gasteiger partial charge in [-0.2, -0.15) is 0 Å². The number of nitrogens with two attached hydrogens (primary N) is 1. The summed E-state index contributed by atoms with van der Waals surface area (Å²) in [6.45, 7) is 2.39. The average Bonchev–Trinajstić information content (AvgIpc) is 2.44. The van der Waals surface area contributed by atoms with Crippen LogP contribution in [0.4, 0.5) is 11.4 Å². The maximum Gasteiger partial charge on any atom is 0.261 e. The molecule has 0 saturated heterocycles. The van der Waals surface area contributed by atoms with Crippen molar-refractivity contribution in [3.05, 3.63) is 45.9 Å². The summed E-state index contributed by atoms with van der Waals surface area (Å²) in [5, 5.41) is 0.308. The second-order valence-electron chi connectivity index (χ2n) is 4.37. The molecule has 0 aliphatic heterocycles. The monoisotopic (exact) mass is 404 g/mol. The molecule has 0 aromatic heterocycles. The highest BCUT2D eigenvalue weighted by Gasteiger charge is 2.16. The fourth-order valence-corrected chi connectivity index (χ4v) is 3.44. The third-order valence-electron chi connectivity index (χ3n) is 2.76. The van der Waals surface area contributed by atoms with Crippen LogP contribution in [0, 0.1) is 0 Å². The summed E-state index contributed by atoms with van der Waals surface area (Å²) in [5.74, 6) is 0.640. The fourth-order valence-electron chi connectivity index (χ4n) is 1.74. The summed E-state index contributed by atoms with van der Waals surface area (Å²) in [5.41, 5.74) is 6.25. The SMILES string of the molecule is CCOc1ccc(NS(=O)(=O)c2ccc(Cl)c(N)c2)cc1Br. The van der Waals surface area contributed by atoms with Crippen LogP contribution in [0.25, 0.3) is 0 Å². The van der Waals surface area contributed by atoms with Crippen molar-refractivity contribution in [1.82, 2.24) is 0 Å². The highest BCUT2D eigenvalue weighted by atomic mass is 79.9. The van der Waals surface area contributed by atoms with Crippen molar-refractivity contribution in [1.29, 1.82) is 0 Å².